The molecule has 0 amide bonds. The van der Waals surface area contributed by atoms with E-state index in [0.29, 0.717) is 24.0 Å². The van der Waals surface area contributed by atoms with Gasteiger partial charge in [-0.1, -0.05) is 19.1 Å². The topological polar surface area (TPSA) is 78.2 Å². The van der Waals surface area contributed by atoms with Gasteiger partial charge < -0.3 is 0 Å². The summed E-state index contributed by atoms with van der Waals surface area (Å²) in [6, 6.07) is 8.53. The molecule has 0 N–H and O–H groups in total. The molecule has 1 unspecified atom stereocenters. The van der Waals surface area contributed by atoms with E-state index in [1.165, 1.54) is 4.31 Å². The number of ketones is 1. The smallest absolute Gasteiger partial charge is 0.218 e. The number of hydrogen-bond donors (Lipinski definition) is 0. The molecule has 6 heteroatoms. The van der Waals surface area contributed by atoms with Gasteiger partial charge in [0.25, 0.3) is 0 Å². The van der Waals surface area contributed by atoms with Gasteiger partial charge in [-0.05, 0) is 24.1 Å². The summed E-state index contributed by atoms with van der Waals surface area (Å²) < 4.78 is 26.3. The molecule has 1 saturated heterocycles. The van der Waals surface area contributed by atoms with Crippen LogP contribution in [-0.2, 0) is 20.6 Å². The van der Waals surface area contributed by atoms with Crippen molar-refractivity contribution in [3.8, 4) is 6.07 Å². The van der Waals surface area contributed by atoms with Gasteiger partial charge in [-0.15, -0.1) is 0 Å². The van der Waals surface area contributed by atoms with Crippen molar-refractivity contribution in [3.63, 3.8) is 0 Å². The van der Waals surface area contributed by atoms with Crippen molar-refractivity contribution in [3.05, 3.63) is 35.4 Å². The number of piperidine rings is 1. The first-order valence-corrected chi connectivity index (χ1v) is 8.56. The second-order valence-corrected chi connectivity index (χ2v) is 7.21. The highest BCUT2D eigenvalue weighted by molar-refractivity contribution is 7.88. The number of benzene rings is 1. The Balaban J connectivity index is 2.11. The maximum atomic E-state index is 12.4. The number of rotatable bonds is 4. The summed E-state index contributed by atoms with van der Waals surface area (Å²) in [7, 11) is -3.42. The molecular formula is C15H18N2O3S. The van der Waals surface area contributed by atoms with Gasteiger partial charge in [0.1, 0.15) is 5.78 Å². The normalized spacial score (nSPS) is 20.2. The molecular weight excluding hydrogens is 288 g/mol. The molecule has 112 valence electrons. The Kier molecular flexibility index (Phi) is 4.76. The molecule has 1 aromatic carbocycles. The molecule has 1 heterocycles. The highest BCUT2D eigenvalue weighted by Gasteiger charge is 2.32. The molecule has 0 radical (unpaired) electrons. The zero-order valence-corrected chi connectivity index (χ0v) is 12.8. The summed E-state index contributed by atoms with van der Waals surface area (Å²) in [4.78, 5) is 11.7. The third-order valence-electron chi connectivity index (χ3n) is 3.81. The summed E-state index contributed by atoms with van der Waals surface area (Å²) in [5, 5.41) is 8.74. The van der Waals surface area contributed by atoms with E-state index in [4.69, 9.17) is 5.26 Å². The Morgan fingerprint density at radius 3 is 2.57 bits per heavy atom. The number of hydrogen-bond acceptors (Lipinski definition) is 4. The standard InChI is InChI=1S/C15H18N2O3S/c1-2-14-10-17(8-7-15(14)18)21(19,20)11-13-5-3-12(9-16)4-6-13/h3-6,14H,2,7-8,10-11H2,1H3. The van der Waals surface area contributed by atoms with Gasteiger partial charge in [0.05, 0.1) is 17.4 Å². The van der Waals surface area contributed by atoms with Gasteiger partial charge in [-0.25, -0.2) is 12.7 Å². The number of Topliss-reactive ketones (excluding diaryl/α,β-unsaturated/α-hetero) is 1. The van der Waals surface area contributed by atoms with E-state index in [0.717, 1.165) is 0 Å². The number of carbonyl (C=O) groups excluding carboxylic acids is 1. The molecule has 2 rings (SSSR count). The highest BCUT2D eigenvalue weighted by Crippen LogP contribution is 2.21. The van der Waals surface area contributed by atoms with Gasteiger partial charge in [0, 0.05) is 25.4 Å². The van der Waals surface area contributed by atoms with Crippen LogP contribution in [0.5, 0.6) is 0 Å². The van der Waals surface area contributed by atoms with Crippen molar-refractivity contribution in [2.45, 2.75) is 25.5 Å². The number of sulfonamides is 1. The monoisotopic (exact) mass is 306 g/mol. The maximum Gasteiger partial charge on any atom is 0.218 e. The van der Waals surface area contributed by atoms with E-state index in [9.17, 15) is 13.2 Å². The van der Waals surface area contributed by atoms with Gasteiger partial charge in [0.15, 0.2) is 0 Å². The lowest BCUT2D eigenvalue weighted by molar-refractivity contribution is -0.125. The lowest BCUT2D eigenvalue weighted by atomic mass is 9.96. The molecule has 0 saturated carbocycles. The van der Waals surface area contributed by atoms with Gasteiger partial charge in [0.2, 0.25) is 10.0 Å². The fourth-order valence-corrected chi connectivity index (χ4v) is 4.04. The zero-order chi connectivity index (χ0) is 15.5. The van der Waals surface area contributed by atoms with E-state index < -0.39 is 10.0 Å². The third-order valence-corrected chi connectivity index (χ3v) is 5.62. The molecule has 5 nitrogen and oxygen atoms in total. The summed E-state index contributed by atoms with van der Waals surface area (Å²) in [6.07, 6.45) is 0.965. The summed E-state index contributed by atoms with van der Waals surface area (Å²) >= 11 is 0. The van der Waals surface area contributed by atoms with E-state index >= 15 is 0 Å². The van der Waals surface area contributed by atoms with E-state index in [1.807, 2.05) is 13.0 Å². The zero-order valence-electron chi connectivity index (χ0n) is 11.9. The summed E-state index contributed by atoms with van der Waals surface area (Å²) in [5.41, 5.74) is 1.16. The van der Waals surface area contributed by atoms with Crippen LogP contribution >= 0.6 is 0 Å². The fourth-order valence-electron chi connectivity index (χ4n) is 2.46. The predicted molar refractivity (Wildman–Crippen MR) is 78.8 cm³/mol. The van der Waals surface area contributed by atoms with E-state index in [1.54, 1.807) is 24.3 Å². The first-order chi connectivity index (χ1) is 9.96. The second-order valence-electron chi connectivity index (χ2n) is 5.24. The number of nitriles is 1. The van der Waals surface area contributed by atoms with Gasteiger partial charge >= 0.3 is 0 Å². The lowest BCUT2D eigenvalue weighted by Crippen LogP contribution is -2.44. The number of nitrogens with zero attached hydrogens (tertiary/aromatic N) is 2. The van der Waals surface area contributed by atoms with Crippen LogP contribution in [0.2, 0.25) is 0 Å². The summed E-state index contributed by atoms with van der Waals surface area (Å²) in [5.74, 6) is -0.125. The Labute approximate surface area is 125 Å². The highest BCUT2D eigenvalue weighted by atomic mass is 32.2. The van der Waals surface area contributed by atoms with Crippen LogP contribution in [-0.4, -0.2) is 31.6 Å². The van der Waals surface area contributed by atoms with Crippen molar-refractivity contribution in [2.24, 2.45) is 5.92 Å². The molecule has 1 aliphatic heterocycles. The Hall–Kier alpha value is -1.71. The lowest BCUT2D eigenvalue weighted by Gasteiger charge is -2.30. The van der Waals surface area contributed by atoms with Crippen molar-refractivity contribution in [1.29, 1.82) is 5.26 Å². The van der Waals surface area contributed by atoms with Gasteiger partial charge in [-0.3, -0.25) is 4.79 Å². The van der Waals surface area contributed by atoms with E-state index in [-0.39, 0.29) is 30.5 Å². The molecule has 1 atom stereocenters. The third kappa shape index (κ3) is 3.69. The van der Waals surface area contributed by atoms with Crippen LogP contribution in [0.3, 0.4) is 0 Å². The minimum atomic E-state index is -3.42. The average molecular weight is 306 g/mol. The largest absolute Gasteiger partial charge is 0.299 e. The second kappa shape index (κ2) is 6.37. The van der Waals surface area contributed by atoms with Crippen LogP contribution in [0.25, 0.3) is 0 Å². The molecule has 1 aromatic rings. The minimum Gasteiger partial charge on any atom is -0.299 e. The van der Waals surface area contributed by atoms with Crippen LogP contribution < -0.4 is 0 Å². The Morgan fingerprint density at radius 1 is 1.33 bits per heavy atom. The van der Waals surface area contributed by atoms with Crippen molar-refractivity contribution >= 4 is 15.8 Å². The molecule has 0 spiro atoms. The fraction of sp³-hybridized carbons (Fsp3) is 0.467. The Morgan fingerprint density at radius 2 is 2.00 bits per heavy atom. The molecule has 21 heavy (non-hydrogen) atoms. The molecule has 1 fully saturated rings. The molecule has 0 bridgehead atoms. The minimum absolute atomic E-state index is 0.0939. The van der Waals surface area contributed by atoms with Crippen LogP contribution in [0.15, 0.2) is 24.3 Å². The maximum absolute atomic E-state index is 12.4. The first kappa shape index (κ1) is 15.7. The van der Waals surface area contributed by atoms with Crippen molar-refractivity contribution in [1.82, 2.24) is 4.31 Å². The predicted octanol–water partition coefficient (Wildman–Crippen LogP) is 1.69. The summed E-state index contributed by atoms with van der Waals surface area (Å²) in [6.45, 7) is 2.46. The quantitative estimate of drug-likeness (QED) is 0.848. The van der Waals surface area contributed by atoms with Crippen molar-refractivity contribution < 1.29 is 13.2 Å². The van der Waals surface area contributed by atoms with Crippen LogP contribution in [0, 0.1) is 17.2 Å². The van der Waals surface area contributed by atoms with Crippen molar-refractivity contribution in [2.75, 3.05) is 13.1 Å². The van der Waals surface area contributed by atoms with Gasteiger partial charge in [-0.2, -0.15) is 5.26 Å². The SMILES string of the molecule is CCC1CN(S(=O)(=O)Cc2ccc(C#N)cc2)CCC1=O. The molecule has 0 aromatic heterocycles. The van der Waals surface area contributed by atoms with Crippen LogP contribution in [0.1, 0.15) is 30.9 Å². The first-order valence-electron chi connectivity index (χ1n) is 6.96. The number of carbonyl (C=O) groups is 1. The molecule has 1 aliphatic rings. The Bertz CT molecular complexity index is 659. The van der Waals surface area contributed by atoms with Crippen LogP contribution in [0.4, 0.5) is 0 Å². The molecule has 0 aliphatic carbocycles. The average Bonchev–Trinajstić information content (AvgIpc) is 2.48. The van der Waals surface area contributed by atoms with E-state index in [2.05, 4.69) is 0 Å².